The maximum absolute atomic E-state index is 13.9. The quantitative estimate of drug-likeness (QED) is 0.426. The smallest absolute Gasteiger partial charge is 0.309 e. The van der Waals surface area contributed by atoms with Crippen molar-refractivity contribution in [2.75, 3.05) is 20.1 Å². The van der Waals surface area contributed by atoms with Gasteiger partial charge in [0, 0.05) is 42.0 Å². The molecule has 5 rings (SSSR count). The number of piperidine rings is 1. The molecule has 3 aromatic rings. The highest BCUT2D eigenvalue weighted by molar-refractivity contribution is 5.93. The fraction of sp³-hybridized carbons (Fsp3) is 0.433. The van der Waals surface area contributed by atoms with Crippen LogP contribution in [0.25, 0.3) is 10.9 Å². The number of carbonyl (C=O) groups is 3. The molecule has 2 heterocycles. The summed E-state index contributed by atoms with van der Waals surface area (Å²) in [6.07, 6.45) is 4.13. The topological polar surface area (TPSA) is 99.7 Å². The second-order valence-corrected chi connectivity index (χ2v) is 10.8. The second-order valence-electron chi connectivity index (χ2n) is 10.8. The van der Waals surface area contributed by atoms with Gasteiger partial charge in [0.15, 0.2) is 0 Å². The van der Waals surface area contributed by atoms with Gasteiger partial charge in [-0.05, 0) is 61.9 Å². The molecule has 0 bridgehead atoms. The van der Waals surface area contributed by atoms with Crippen LogP contribution in [0.15, 0.2) is 54.7 Å². The number of carboxylic acid groups (broad SMARTS) is 1. The SMILES string of the molecule is CN1CCC(OC(=O)[C@@H](CC(=O)C2(CC(=O)O)Cc3ccccc3C2)Cc2c[nH]c3ccccc23)CC1. The number of ether oxygens (including phenoxy) is 1. The third kappa shape index (κ3) is 5.47. The Kier molecular flexibility index (Phi) is 7.15. The third-order valence-electron chi connectivity index (χ3n) is 8.11. The van der Waals surface area contributed by atoms with Crippen molar-refractivity contribution >= 4 is 28.6 Å². The Morgan fingerprint density at radius 3 is 2.38 bits per heavy atom. The monoisotopic (exact) mass is 502 g/mol. The van der Waals surface area contributed by atoms with Crippen molar-refractivity contribution < 1.29 is 24.2 Å². The number of nitrogens with zero attached hydrogens (tertiary/aromatic N) is 1. The van der Waals surface area contributed by atoms with E-state index in [4.69, 9.17) is 4.74 Å². The summed E-state index contributed by atoms with van der Waals surface area (Å²) in [4.78, 5) is 44.8. The van der Waals surface area contributed by atoms with Crippen molar-refractivity contribution in [3.05, 3.63) is 71.4 Å². The van der Waals surface area contributed by atoms with Crippen LogP contribution in [0.3, 0.4) is 0 Å². The maximum atomic E-state index is 13.9. The zero-order valence-electron chi connectivity index (χ0n) is 21.2. The number of aromatic nitrogens is 1. The zero-order valence-corrected chi connectivity index (χ0v) is 21.2. The number of carboxylic acids is 1. The minimum Gasteiger partial charge on any atom is -0.481 e. The summed E-state index contributed by atoms with van der Waals surface area (Å²) in [5, 5.41) is 10.7. The van der Waals surface area contributed by atoms with Gasteiger partial charge >= 0.3 is 11.9 Å². The van der Waals surface area contributed by atoms with E-state index in [1.165, 1.54) is 0 Å². The van der Waals surface area contributed by atoms with E-state index in [1.807, 2.05) is 54.7 Å². The van der Waals surface area contributed by atoms with Gasteiger partial charge in [0.2, 0.25) is 0 Å². The molecule has 0 spiro atoms. The first-order chi connectivity index (χ1) is 17.8. The first-order valence-corrected chi connectivity index (χ1v) is 13.1. The van der Waals surface area contributed by atoms with E-state index < -0.39 is 17.3 Å². The Labute approximate surface area is 216 Å². The van der Waals surface area contributed by atoms with E-state index in [0.717, 1.165) is 53.5 Å². The predicted octanol–water partition coefficient (Wildman–Crippen LogP) is 4.18. The van der Waals surface area contributed by atoms with Gasteiger partial charge in [0.05, 0.1) is 12.3 Å². The van der Waals surface area contributed by atoms with E-state index in [9.17, 15) is 19.5 Å². The first kappa shape index (κ1) is 25.2. The van der Waals surface area contributed by atoms with Gasteiger partial charge in [-0.2, -0.15) is 0 Å². The standard InChI is InChI=1S/C30H34N2O5/c1-32-12-10-24(11-13-32)37-29(36)22(14-23-19-31-26-9-5-4-8-25(23)26)15-27(33)30(18-28(34)35)16-20-6-2-3-7-21(20)17-30/h2-9,19,22,24,31H,10-18H2,1H3,(H,34,35)/t22-/m1/s1. The normalized spacial score (nSPS) is 18.4. The lowest BCUT2D eigenvalue weighted by Crippen LogP contribution is -2.39. The van der Waals surface area contributed by atoms with Crippen molar-refractivity contribution in [2.45, 2.75) is 51.0 Å². The van der Waals surface area contributed by atoms with E-state index in [2.05, 4.69) is 16.9 Å². The number of aliphatic carboxylic acids is 1. The van der Waals surface area contributed by atoms with Gasteiger partial charge < -0.3 is 19.7 Å². The summed E-state index contributed by atoms with van der Waals surface area (Å²) in [6, 6.07) is 15.6. The molecule has 1 saturated heterocycles. The van der Waals surface area contributed by atoms with Crippen molar-refractivity contribution in [1.82, 2.24) is 9.88 Å². The molecule has 2 N–H and O–H groups in total. The molecule has 0 unspecified atom stereocenters. The van der Waals surface area contributed by atoms with Gasteiger partial charge in [-0.3, -0.25) is 14.4 Å². The molecule has 37 heavy (non-hydrogen) atoms. The summed E-state index contributed by atoms with van der Waals surface area (Å²) >= 11 is 0. The van der Waals surface area contributed by atoms with Crippen LogP contribution in [0.4, 0.5) is 0 Å². The minimum atomic E-state index is -1.04. The van der Waals surface area contributed by atoms with Crippen LogP contribution >= 0.6 is 0 Å². The van der Waals surface area contributed by atoms with Gasteiger partial charge in [-0.25, -0.2) is 0 Å². The number of aromatic amines is 1. The number of H-pyrrole nitrogens is 1. The van der Waals surface area contributed by atoms with Crippen LogP contribution in [0.5, 0.6) is 0 Å². The molecule has 7 nitrogen and oxygen atoms in total. The molecule has 0 radical (unpaired) electrons. The minimum absolute atomic E-state index is 0.0355. The first-order valence-electron chi connectivity index (χ1n) is 13.1. The molecular weight excluding hydrogens is 468 g/mol. The maximum Gasteiger partial charge on any atom is 0.309 e. The van der Waals surface area contributed by atoms with E-state index in [-0.39, 0.29) is 30.7 Å². The van der Waals surface area contributed by atoms with Crippen LogP contribution in [-0.2, 0) is 38.4 Å². The van der Waals surface area contributed by atoms with Gasteiger partial charge in [-0.15, -0.1) is 0 Å². The molecule has 1 aliphatic carbocycles. The Balaban J connectivity index is 1.40. The van der Waals surface area contributed by atoms with Gasteiger partial charge in [0.1, 0.15) is 11.9 Å². The molecule has 1 atom stereocenters. The lowest BCUT2D eigenvalue weighted by atomic mass is 9.74. The summed E-state index contributed by atoms with van der Waals surface area (Å²) in [6.45, 7) is 1.73. The van der Waals surface area contributed by atoms with E-state index >= 15 is 0 Å². The molecule has 2 aliphatic rings. The highest BCUT2D eigenvalue weighted by Gasteiger charge is 2.46. The average Bonchev–Trinajstić information content (AvgIpc) is 3.46. The fourth-order valence-electron chi connectivity index (χ4n) is 6.01. The Morgan fingerprint density at radius 2 is 1.70 bits per heavy atom. The molecule has 0 saturated carbocycles. The Hall–Kier alpha value is -3.45. The number of Topliss-reactive ketones (excluding diaryl/α,β-unsaturated/α-hetero) is 1. The number of rotatable bonds is 9. The molecule has 1 aromatic heterocycles. The number of benzene rings is 2. The van der Waals surface area contributed by atoms with E-state index in [1.54, 1.807) is 0 Å². The fourth-order valence-corrected chi connectivity index (χ4v) is 6.01. The summed E-state index contributed by atoms with van der Waals surface area (Å²) in [5.74, 6) is -2.21. The number of para-hydroxylation sites is 1. The number of carbonyl (C=O) groups excluding carboxylic acids is 2. The number of hydrogen-bond acceptors (Lipinski definition) is 5. The number of likely N-dealkylation sites (tertiary alicyclic amines) is 1. The summed E-state index contributed by atoms with van der Waals surface area (Å²) in [5.41, 5.74) is 2.91. The van der Waals surface area contributed by atoms with Crippen LogP contribution < -0.4 is 0 Å². The second kappa shape index (κ2) is 10.5. The van der Waals surface area contributed by atoms with Crippen molar-refractivity contribution in [3.8, 4) is 0 Å². The number of hydrogen-bond donors (Lipinski definition) is 2. The molecule has 7 heteroatoms. The molecule has 2 aromatic carbocycles. The number of esters is 1. The lowest BCUT2D eigenvalue weighted by molar-refractivity contribution is -0.158. The van der Waals surface area contributed by atoms with Crippen molar-refractivity contribution in [1.29, 1.82) is 0 Å². The average molecular weight is 503 g/mol. The van der Waals surface area contributed by atoms with E-state index in [0.29, 0.717) is 19.3 Å². The van der Waals surface area contributed by atoms with Crippen molar-refractivity contribution in [2.24, 2.45) is 11.3 Å². The van der Waals surface area contributed by atoms with Crippen molar-refractivity contribution in [3.63, 3.8) is 0 Å². The molecule has 0 amide bonds. The Bertz CT molecular complexity index is 1280. The lowest BCUT2D eigenvalue weighted by Gasteiger charge is -2.31. The number of fused-ring (bicyclic) bond motifs is 2. The Morgan fingerprint density at radius 1 is 1.05 bits per heavy atom. The number of nitrogens with one attached hydrogen (secondary N) is 1. The molecule has 1 aliphatic heterocycles. The zero-order chi connectivity index (χ0) is 26.0. The highest BCUT2D eigenvalue weighted by Crippen LogP contribution is 2.42. The largest absolute Gasteiger partial charge is 0.481 e. The van der Waals surface area contributed by atoms with Gasteiger partial charge in [0.25, 0.3) is 0 Å². The predicted molar refractivity (Wildman–Crippen MR) is 140 cm³/mol. The van der Waals surface area contributed by atoms with Gasteiger partial charge in [-0.1, -0.05) is 42.5 Å². The highest BCUT2D eigenvalue weighted by atomic mass is 16.5. The number of ketones is 1. The molecule has 1 fully saturated rings. The summed E-state index contributed by atoms with van der Waals surface area (Å²) < 4.78 is 5.96. The third-order valence-corrected chi connectivity index (χ3v) is 8.11. The van der Waals surface area contributed by atoms with Crippen LogP contribution in [0.2, 0.25) is 0 Å². The van der Waals surface area contributed by atoms with Crippen LogP contribution in [0, 0.1) is 11.3 Å². The summed E-state index contributed by atoms with van der Waals surface area (Å²) in [7, 11) is 2.05. The van der Waals surface area contributed by atoms with Crippen LogP contribution in [-0.4, -0.2) is 59.0 Å². The molecule has 194 valence electrons. The molecular formula is C30H34N2O5. The van der Waals surface area contributed by atoms with Crippen LogP contribution in [0.1, 0.15) is 42.4 Å².